The summed E-state index contributed by atoms with van der Waals surface area (Å²) < 4.78 is 3.99. The van der Waals surface area contributed by atoms with E-state index in [1.165, 1.54) is 7.11 Å². The zero-order valence-electron chi connectivity index (χ0n) is 8.89. The highest BCUT2D eigenvalue weighted by Crippen LogP contribution is 2.63. The van der Waals surface area contributed by atoms with Crippen molar-refractivity contribution >= 4 is 27.7 Å². The number of ketones is 1. The number of esters is 1. The van der Waals surface area contributed by atoms with Crippen molar-refractivity contribution in [2.24, 2.45) is 11.3 Å². The molecule has 2 unspecified atom stereocenters. The molecule has 0 amide bonds. The van der Waals surface area contributed by atoms with Gasteiger partial charge >= 0.3 is 5.97 Å². The quantitative estimate of drug-likeness (QED) is 0.577. The predicted molar refractivity (Wildman–Crippen MR) is 56.2 cm³/mol. The first kappa shape index (κ1) is 11.7. The zero-order chi connectivity index (χ0) is 11.1. The second-order valence-electron chi connectivity index (χ2n) is 4.32. The van der Waals surface area contributed by atoms with E-state index in [1.807, 2.05) is 13.8 Å². The van der Waals surface area contributed by atoms with Crippen LogP contribution in [0.2, 0.25) is 0 Å². The molecule has 0 heterocycles. The van der Waals surface area contributed by atoms with Crippen LogP contribution < -0.4 is 0 Å². The highest BCUT2D eigenvalue weighted by Gasteiger charge is 2.72. The molecule has 1 aliphatic carbocycles. The van der Waals surface area contributed by atoms with E-state index in [2.05, 4.69) is 20.7 Å². The highest BCUT2D eigenvalue weighted by atomic mass is 79.9. The molecule has 0 saturated heterocycles. The van der Waals surface area contributed by atoms with E-state index in [-0.39, 0.29) is 17.7 Å². The molecule has 1 rings (SSSR count). The molecule has 80 valence electrons. The van der Waals surface area contributed by atoms with Gasteiger partial charge in [-0.05, 0) is 13.3 Å². The highest BCUT2D eigenvalue weighted by molar-refractivity contribution is 9.10. The van der Waals surface area contributed by atoms with Gasteiger partial charge in [0.25, 0.3) is 0 Å². The number of Topliss-reactive ketones (excluding diaryl/α,β-unsaturated/α-hetero) is 1. The summed E-state index contributed by atoms with van der Waals surface area (Å²) in [6, 6.07) is 0. The van der Waals surface area contributed by atoms with Crippen molar-refractivity contribution in [3.63, 3.8) is 0 Å². The lowest BCUT2D eigenvalue weighted by Gasteiger charge is -2.15. The molecule has 0 bridgehead atoms. The summed E-state index contributed by atoms with van der Waals surface area (Å²) in [7, 11) is 1.35. The van der Waals surface area contributed by atoms with Gasteiger partial charge in [0.2, 0.25) is 0 Å². The summed E-state index contributed by atoms with van der Waals surface area (Å²) in [5, 5.41) is 0. The molecule has 14 heavy (non-hydrogen) atoms. The van der Waals surface area contributed by atoms with Crippen LogP contribution in [-0.4, -0.2) is 23.2 Å². The second-order valence-corrected chi connectivity index (χ2v) is 5.67. The molecule has 4 heteroatoms. The number of rotatable bonds is 3. The molecule has 1 aliphatic rings. The SMILES string of the molecule is COC(=O)C1(C)CC1(Br)C(=O)C(C)C. The van der Waals surface area contributed by atoms with Crippen molar-refractivity contribution < 1.29 is 14.3 Å². The van der Waals surface area contributed by atoms with Crippen molar-refractivity contribution in [1.29, 1.82) is 0 Å². The lowest BCUT2D eigenvalue weighted by Crippen LogP contribution is -2.31. The first-order valence-corrected chi connectivity index (χ1v) is 5.40. The number of hydrogen-bond acceptors (Lipinski definition) is 3. The summed E-state index contributed by atoms with van der Waals surface area (Å²) >= 11 is 3.37. The molecular weight excluding hydrogens is 248 g/mol. The maximum absolute atomic E-state index is 11.8. The van der Waals surface area contributed by atoms with Crippen LogP contribution in [0.1, 0.15) is 27.2 Å². The minimum atomic E-state index is -0.693. The largest absolute Gasteiger partial charge is 0.469 e. The van der Waals surface area contributed by atoms with Gasteiger partial charge in [-0.15, -0.1) is 0 Å². The van der Waals surface area contributed by atoms with Gasteiger partial charge in [0.1, 0.15) is 4.32 Å². The molecule has 1 saturated carbocycles. The Morgan fingerprint density at radius 2 is 1.93 bits per heavy atom. The summed E-state index contributed by atoms with van der Waals surface area (Å²) in [4.78, 5) is 23.2. The summed E-state index contributed by atoms with van der Waals surface area (Å²) in [6.45, 7) is 5.43. The van der Waals surface area contributed by atoms with Crippen LogP contribution in [0.4, 0.5) is 0 Å². The molecule has 0 aromatic heterocycles. The smallest absolute Gasteiger partial charge is 0.313 e. The summed E-state index contributed by atoms with van der Waals surface area (Å²) in [6.07, 6.45) is 0.531. The number of ether oxygens (including phenoxy) is 1. The van der Waals surface area contributed by atoms with Crippen LogP contribution >= 0.6 is 15.9 Å². The third kappa shape index (κ3) is 1.40. The first-order valence-electron chi connectivity index (χ1n) is 4.61. The van der Waals surface area contributed by atoms with Gasteiger partial charge in [0.15, 0.2) is 5.78 Å². The lowest BCUT2D eigenvalue weighted by atomic mass is 9.98. The molecular formula is C10H15BrO3. The Bertz CT molecular complexity index is 287. The minimum absolute atomic E-state index is 0.0687. The van der Waals surface area contributed by atoms with E-state index in [4.69, 9.17) is 0 Å². The number of carbonyl (C=O) groups excluding carboxylic acids is 2. The Kier molecular flexibility index (Phi) is 2.78. The number of halogens is 1. The molecule has 0 N–H and O–H groups in total. The van der Waals surface area contributed by atoms with Crippen LogP contribution in [0.25, 0.3) is 0 Å². The fourth-order valence-electron chi connectivity index (χ4n) is 1.72. The first-order chi connectivity index (χ1) is 6.29. The summed E-state index contributed by atoms with van der Waals surface area (Å²) in [5.74, 6) is -0.311. The van der Waals surface area contributed by atoms with Crippen LogP contribution in [0.3, 0.4) is 0 Å². The van der Waals surface area contributed by atoms with Gasteiger partial charge < -0.3 is 4.74 Å². The molecule has 0 radical (unpaired) electrons. The van der Waals surface area contributed by atoms with E-state index < -0.39 is 9.74 Å². The lowest BCUT2D eigenvalue weighted by molar-refractivity contribution is -0.147. The topological polar surface area (TPSA) is 43.4 Å². The predicted octanol–water partition coefficient (Wildman–Crippen LogP) is 1.93. The molecule has 2 atom stereocenters. The van der Waals surface area contributed by atoms with Crippen molar-refractivity contribution in [3.05, 3.63) is 0 Å². The van der Waals surface area contributed by atoms with Gasteiger partial charge in [-0.2, -0.15) is 0 Å². The zero-order valence-corrected chi connectivity index (χ0v) is 10.5. The monoisotopic (exact) mass is 262 g/mol. The van der Waals surface area contributed by atoms with Gasteiger partial charge in [-0.25, -0.2) is 0 Å². The summed E-state index contributed by atoms with van der Waals surface area (Å²) in [5.41, 5.74) is -0.677. The van der Waals surface area contributed by atoms with Crippen molar-refractivity contribution in [2.45, 2.75) is 31.5 Å². The number of alkyl halides is 1. The maximum Gasteiger partial charge on any atom is 0.313 e. The van der Waals surface area contributed by atoms with E-state index >= 15 is 0 Å². The molecule has 1 fully saturated rings. The second kappa shape index (κ2) is 3.33. The van der Waals surface area contributed by atoms with Gasteiger partial charge in [0.05, 0.1) is 12.5 Å². The third-order valence-corrected chi connectivity index (χ3v) is 4.44. The number of methoxy groups -OCH3 is 1. The number of carbonyl (C=O) groups is 2. The van der Waals surface area contributed by atoms with Crippen LogP contribution in [0.5, 0.6) is 0 Å². The normalized spacial score (nSPS) is 35.6. The van der Waals surface area contributed by atoms with E-state index in [0.717, 1.165) is 0 Å². The van der Waals surface area contributed by atoms with Crippen molar-refractivity contribution in [1.82, 2.24) is 0 Å². The molecule has 0 aromatic carbocycles. The Morgan fingerprint density at radius 3 is 2.29 bits per heavy atom. The Labute approximate surface area is 92.3 Å². The van der Waals surface area contributed by atoms with E-state index in [1.54, 1.807) is 6.92 Å². The number of hydrogen-bond donors (Lipinski definition) is 0. The molecule has 0 aromatic rings. The minimum Gasteiger partial charge on any atom is -0.469 e. The van der Waals surface area contributed by atoms with E-state index in [9.17, 15) is 9.59 Å². The van der Waals surface area contributed by atoms with Crippen molar-refractivity contribution in [3.8, 4) is 0 Å². The standard InChI is InChI=1S/C10H15BrO3/c1-6(2)7(12)10(11)5-9(10,3)8(13)14-4/h6H,5H2,1-4H3. The molecule has 3 nitrogen and oxygen atoms in total. The molecule has 0 aliphatic heterocycles. The fraction of sp³-hybridized carbons (Fsp3) is 0.800. The van der Waals surface area contributed by atoms with E-state index in [0.29, 0.717) is 6.42 Å². The average molecular weight is 263 g/mol. The fourth-order valence-corrected chi connectivity index (χ4v) is 2.90. The van der Waals surface area contributed by atoms with Gasteiger partial charge in [-0.3, -0.25) is 9.59 Å². The molecule has 0 spiro atoms. The maximum atomic E-state index is 11.8. The Morgan fingerprint density at radius 1 is 1.43 bits per heavy atom. The van der Waals surface area contributed by atoms with Gasteiger partial charge in [0, 0.05) is 5.92 Å². The Balaban J connectivity index is 2.85. The Hall–Kier alpha value is -0.380. The third-order valence-electron chi connectivity index (χ3n) is 2.90. The van der Waals surface area contributed by atoms with Crippen LogP contribution in [0, 0.1) is 11.3 Å². The van der Waals surface area contributed by atoms with Gasteiger partial charge in [-0.1, -0.05) is 29.8 Å². The average Bonchev–Trinajstić information content (AvgIpc) is 2.69. The van der Waals surface area contributed by atoms with Crippen molar-refractivity contribution in [2.75, 3.05) is 7.11 Å². The van der Waals surface area contributed by atoms with Crippen LogP contribution in [0.15, 0.2) is 0 Å². The van der Waals surface area contributed by atoms with Crippen LogP contribution in [-0.2, 0) is 14.3 Å².